The minimum atomic E-state index is -0.526. The molecule has 4 heteroatoms. The number of hydrogen-bond donors (Lipinski definition) is 0. The summed E-state index contributed by atoms with van der Waals surface area (Å²) in [6.07, 6.45) is -0.937. The Labute approximate surface area is 155 Å². The van der Waals surface area contributed by atoms with Crippen molar-refractivity contribution in [2.45, 2.75) is 102 Å². The Balaban J connectivity index is 5.04. The van der Waals surface area contributed by atoms with Gasteiger partial charge in [0.2, 0.25) is 0 Å². The highest BCUT2D eigenvalue weighted by Crippen LogP contribution is 2.37. The second-order valence-corrected chi connectivity index (χ2v) is 11.4. The molecule has 0 spiro atoms. The Kier molecular flexibility index (Phi) is 7.35. The van der Waals surface area contributed by atoms with Crippen molar-refractivity contribution in [3.8, 4) is 0 Å². The van der Waals surface area contributed by atoms with Crippen molar-refractivity contribution in [1.82, 2.24) is 0 Å². The fourth-order valence-electron chi connectivity index (χ4n) is 3.77. The van der Waals surface area contributed by atoms with Gasteiger partial charge in [0, 0.05) is 0 Å². The molecule has 0 amide bonds. The molecule has 0 saturated carbocycles. The summed E-state index contributed by atoms with van der Waals surface area (Å²) in [4.78, 5) is 24.6. The second-order valence-electron chi connectivity index (χ2n) is 11.4. The zero-order valence-corrected chi connectivity index (χ0v) is 18.5. The van der Waals surface area contributed by atoms with Gasteiger partial charge < -0.3 is 9.47 Å². The standard InChI is InChI=1S/C21H40O4/c1-18(2,3)16(19(4,5)6)24-14(22)13-15(23)25-17(20(7,8)9)21(10,11)12/h16-17H,13H2,1-12H3. The summed E-state index contributed by atoms with van der Waals surface area (Å²) in [5.74, 6) is -1.05. The molecule has 0 aromatic carbocycles. The zero-order chi connectivity index (χ0) is 20.4. The molecule has 148 valence electrons. The summed E-state index contributed by atoms with van der Waals surface area (Å²) < 4.78 is 11.3. The summed E-state index contributed by atoms with van der Waals surface area (Å²) in [6, 6.07) is 0. The summed E-state index contributed by atoms with van der Waals surface area (Å²) in [7, 11) is 0. The quantitative estimate of drug-likeness (QED) is 0.501. The summed E-state index contributed by atoms with van der Waals surface area (Å²) >= 11 is 0. The normalized spacial score (nSPS) is 14.0. The maximum atomic E-state index is 12.3. The SMILES string of the molecule is CC(C)(C)C(OC(=O)CC(=O)OC(C(C)(C)C)C(C)(C)C)C(C)(C)C. The molecule has 0 bridgehead atoms. The van der Waals surface area contributed by atoms with Crippen molar-refractivity contribution in [3.63, 3.8) is 0 Å². The maximum Gasteiger partial charge on any atom is 0.317 e. The lowest BCUT2D eigenvalue weighted by molar-refractivity contribution is -0.175. The van der Waals surface area contributed by atoms with Crippen LogP contribution in [0.15, 0.2) is 0 Å². The molecule has 0 atom stereocenters. The average molecular weight is 357 g/mol. The van der Waals surface area contributed by atoms with Crippen molar-refractivity contribution < 1.29 is 19.1 Å². The lowest BCUT2D eigenvalue weighted by Crippen LogP contribution is -2.44. The number of hydrogen-bond acceptors (Lipinski definition) is 4. The molecular formula is C21H40O4. The van der Waals surface area contributed by atoms with Crippen LogP contribution in [0.5, 0.6) is 0 Å². The first kappa shape index (κ1) is 23.9. The molecule has 0 unspecified atom stereocenters. The topological polar surface area (TPSA) is 52.6 Å². The monoisotopic (exact) mass is 356 g/mol. The average Bonchev–Trinajstić information content (AvgIpc) is 2.27. The van der Waals surface area contributed by atoms with Gasteiger partial charge in [-0.15, -0.1) is 0 Å². The molecule has 0 fully saturated rings. The molecule has 0 aliphatic carbocycles. The first-order valence-corrected chi connectivity index (χ1v) is 9.15. The van der Waals surface area contributed by atoms with Crippen LogP contribution in [0.4, 0.5) is 0 Å². The molecule has 0 N–H and O–H groups in total. The number of ether oxygens (including phenoxy) is 2. The third kappa shape index (κ3) is 8.24. The zero-order valence-electron chi connectivity index (χ0n) is 18.5. The van der Waals surface area contributed by atoms with E-state index in [4.69, 9.17) is 9.47 Å². The van der Waals surface area contributed by atoms with Crippen LogP contribution < -0.4 is 0 Å². The van der Waals surface area contributed by atoms with Gasteiger partial charge in [-0.2, -0.15) is 0 Å². The highest BCUT2D eigenvalue weighted by molar-refractivity contribution is 5.91. The predicted octanol–water partition coefficient (Wildman–Crippen LogP) is 5.38. The lowest BCUT2D eigenvalue weighted by atomic mass is 9.74. The number of esters is 2. The summed E-state index contributed by atoms with van der Waals surface area (Å²) in [6.45, 7) is 24.4. The first-order chi connectivity index (χ1) is 10.8. The highest BCUT2D eigenvalue weighted by Gasteiger charge is 2.40. The molecule has 0 aliphatic heterocycles. The van der Waals surface area contributed by atoms with Crippen LogP contribution in [0.25, 0.3) is 0 Å². The Bertz CT molecular complexity index is 392. The van der Waals surface area contributed by atoms with Gasteiger partial charge in [-0.1, -0.05) is 83.1 Å². The largest absolute Gasteiger partial charge is 0.461 e. The Morgan fingerprint density at radius 2 is 0.760 bits per heavy atom. The van der Waals surface area contributed by atoms with Crippen molar-refractivity contribution in [2.75, 3.05) is 0 Å². The van der Waals surface area contributed by atoms with Crippen molar-refractivity contribution in [1.29, 1.82) is 0 Å². The fourth-order valence-corrected chi connectivity index (χ4v) is 3.77. The van der Waals surface area contributed by atoms with E-state index in [1.807, 2.05) is 83.1 Å². The van der Waals surface area contributed by atoms with Crippen molar-refractivity contribution in [2.24, 2.45) is 21.7 Å². The van der Waals surface area contributed by atoms with Crippen LogP contribution in [-0.4, -0.2) is 24.1 Å². The maximum absolute atomic E-state index is 12.3. The van der Waals surface area contributed by atoms with Gasteiger partial charge in [0.05, 0.1) is 0 Å². The van der Waals surface area contributed by atoms with E-state index in [2.05, 4.69) is 0 Å². The van der Waals surface area contributed by atoms with Crippen molar-refractivity contribution >= 4 is 11.9 Å². The molecule has 0 radical (unpaired) electrons. The number of carbonyl (C=O) groups is 2. The van der Waals surface area contributed by atoms with Crippen LogP contribution >= 0.6 is 0 Å². The highest BCUT2D eigenvalue weighted by atomic mass is 16.6. The number of rotatable bonds is 4. The van der Waals surface area contributed by atoms with Gasteiger partial charge >= 0.3 is 11.9 Å². The number of carbonyl (C=O) groups excluding carboxylic acids is 2. The molecule has 4 nitrogen and oxygen atoms in total. The minimum absolute atomic E-state index is 0.211. The van der Waals surface area contributed by atoms with Crippen LogP contribution in [0.1, 0.15) is 89.5 Å². The van der Waals surface area contributed by atoms with E-state index in [-0.39, 0.29) is 40.3 Å². The summed E-state index contributed by atoms with van der Waals surface area (Å²) in [5, 5.41) is 0. The van der Waals surface area contributed by atoms with Crippen LogP contribution in [0.2, 0.25) is 0 Å². The molecular weight excluding hydrogens is 316 g/mol. The van der Waals surface area contributed by atoms with Crippen molar-refractivity contribution in [3.05, 3.63) is 0 Å². The van der Waals surface area contributed by atoms with Crippen LogP contribution in [0, 0.1) is 21.7 Å². The lowest BCUT2D eigenvalue weighted by Gasteiger charge is -2.40. The molecule has 0 heterocycles. The third-order valence-electron chi connectivity index (χ3n) is 3.93. The Hall–Kier alpha value is -1.06. The molecule has 0 rings (SSSR count). The summed E-state index contributed by atoms with van der Waals surface area (Å²) in [5.41, 5.74) is -0.845. The van der Waals surface area contributed by atoms with Gasteiger partial charge in [-0.3, -0.25) is 9.59 Å². The van der Waals surface area contributed by atoms with Gasteiger partial charge in [-0.25, -0.2) is 0 Å². The van der Waals surface area contributed by atoms with E-state index >= 15 is 0 Å². The van der Waals surface area contributed by atoms with Gasteiger partial charge in [0.15, 0.2) is 0 Å². The third-order valence-corrected chi connectivity index (χ3v) is 3.93. The van der Waals surface area contributed by atoms with E-state index in [0.717, 1.165) is 0 Å². The van der Waals surface area contributed by atoms with Crippen LogP contribution in [-0.2, 0) is 19.1 Å². The fraction of sp³-hybridized carbons (Fsp3) is 0.905. The van der Waals surface area contributed by atoms with Crippen LogP contribution in [0.3, 0.4) is 0 Å². The Morgan fingerprint density at radius 3 is 0.920 bits per heavy atom. The van der Waals surface area contributed by atoms with E-state index in [0.29, 0.717) is 0 Å². The second kappa shape index (κ2) is 7.67. The van der Waals surface area contributed by atoms with Gasteiger partial charge in [0.25, 0.3) is 0 Å². The van der Waals surface area contributed by atoms with E-state index < -0.39 is 11.9 Å². The molecule has 0 saturated heterocycles. The smallest absolute Gasteiger partial charge is 0.317 e. The minimum Gasteiger partial charge on any atom is -0.461 e. The van der Waals surface area contributed by atoms with E-state index in [9.17, 15) is 9.59 Å². The first-order valence-electron chi connectivity index (χ1n) is 9.15. The Morgan fingerprint density at radius 1 is 0.560 bits per heavy atom. The molecule has 0 aromatic rings. The molecule has 0 aliphatic rings. The van der Waals surface area contributed by atoms with E-state index in [1.165, 1.54) is 0 Å². The molecule has 0 aromatic heterocycles. The predicted molar refractivity (Wildman–Crippen MR) is 102 cm³/mol. The van der Waals surface area contributed by atoms with Gasteiger partial charge in [0.1, 0.15) is 18.6 Å². The van der Waals surface area contributed by atoms with Gasteiger partial charge in [-0.05, 0) is 21.7 Å². The molecule has 25 heavy (non-hydrogen) atoms. The van der Waals surface area contributed by atoms with E-state index in [1.54, 1.807) is 0 Å².